The number of carboxylic acids is 1. The van der Waals surface area contributed by atoms with Gasteiger partial charge in [-0.2, -0.15) is 0 Å². The maximum atomic E-state index is 10.9. The molecule has 0 atom stereocenters. The molecule has 3 rings (SSSR count). The monoisotopic (exact) mass is 327 g/mol. The van der Waals surface area contributed by atoms with Crippen molar-refractivity contribution in [3.05, 3.63) is 59.2 Å². The zero-order valence-corrected chi connectivity index (χ0v) is 14.9. The van der Waals surface area contributed by atoms with Crippen molar-refractivity contribution in [3.8, 4) is 0 Å². The van der Waals surface area contributed by atoms with E-state index in [0.717, 1.165) is 28.0 Å². The molecule has 0 fully saturated rings. The van der Waals surface area contributed by atoms with Crippen LogP contribution in [0, 0.1) is 6.92 Å². The number of aromatic carboxylic acids is 1. The molecule has 3 heterocycles. The molecule has 3 aromatic heterocycles. The number of nitrogens with zero attached hydrogens (tertiary/aromatic N) is 2. The topological polar surface area (TPSA) is 78.9 Å². The predicted octanol–water partition coefficient (Wildman–Crippen LogP) is 4.61. The summed E-state index contributed by atoms with van der Waals surface area (Å²) in [6.07, 6.45) is 3.87. The van der Waals surface area contributed by atoms with Gasteiger partial charge in [-0.1, -0.05) is 27.7 Å². The van der Waals surface area contributed by atoms with Crippen LogP contribution >= 0.6 is 0 Å². The van der Waals surface area contributed by atoms with E-state index in [-0.39, 0.29) is 5.56 Å². The van der Waals surface area contributed by atoms with Gasteiger partial charge in [0, 0.05) is 35.6 Å². The SMILES string of the molecule is CC.CC.Cc1cc2cc(Cc3cc(C(=O)O)ccn3)cnc2[nH]1. The standard InChI is InChI=1S/C15H13N3O2.2C2H6/c1-9-4-12-5-10(8-17-14(12)18-9)6-13-7-11(15(19)20)2-3-16-13;2*1-2/h2-5,7-8H,6H2,1H3,(H,17,18)(H,19,20);2*1-2H3. The lowest BCUT2D eigenvalue weighted by molar-refractivity contribution is 0.0696. The van der Waals surface area contributed by atoms with Crippen molar-refractivity contribution >= 4 is 17.0 Å². The molecular weight excluding hydrogens is 302 g/mol. The van der Waals surface area contributed by atoms with Crippen molar-refractivity contribution in [2.45, 2.75) is 41.0 Å². The summed E-state index contributed by atoms with van der Waals surface area (Å²) in [5.41, 5.74) is 3.90. The number of H-pyrrole nitrogens is 1. The van der Waals surface area contributed by atoms with Gasteiger partial charge in [-0.25, -0.2) is 9.78 Å². The van der Waals surface area contributed by atoms with Gasteiger partial charge in [-0.3, -0.25) is 4.98 Å². The van der Waals surface area contributed by atoms with Crippen molar-refractivity contribution in [3.63, 3.8) is 0 Å². The van der Waals surface area contributed by atoms with Crippen molar-refractivity contribution < 1.29 is 9.90 Å². The number of rotatable bonds is 3. The van der Waals surface area contributed by atoms with Crippen molar-refractivity contribution in [1.29, 1.82) is 0 Å². The van der Waals surface area contributed by atoms with Crippen LogP contribution in [-0.4, -0.2) is 26.0 Å². The molecule has 0 aliphatic rings. The van der Waals surface area contributed by atoms with Crippen LogP contribution in [0.1, 0.15) is 55.0 Å². The van der Waals surface area contributed by atoms with E-state index in [1.165, 1.54) is 12.3 Å². The summed E-state index contributed by atoms with van der Waals surface area (Å²) in [6, 6.07) is 7.16. The molecule has 3 aromatic rings. The molecule has 0 saturated carbocycles. The summed E-state index contributed by atoms with van der Waals surface area (Å²) >= 11 is 0. The molecule has 0 aliphatic carbocycles. The van der Waals surface area contributed by atoms with Gasteiger partial charge in [-0.05, 0) is 36.8 Å². The van der Waals surface area contributed by atoms with Gasteiger partial charge in [0.05, 0.1) is 5.56 Å². The van der Waals surface area contributed by atoms with E-state index in [4.69, 9.17) is 5.11 Å². The molecule has 2 N–H and O–H groups in total. The summed E-state index contributed by atoms with van der Waals surface area (Å²) < 4.78 is 0. The van der Waals surface area contributed by atoms with Crippen LogP contribution in [0.4, 0.5) is 0 Å². The molecule has 5 nitrogen and oxygen atoms in total. The lowest BCUT2D eigenvalue weighted by atomic mass is 10.1. The Labute approximate surface area is 142 Å². The van der Waals surface area contributed by atoms with Crippen molar-refractivity contribution in [1.82, 2.24) is 15.0 Å². The van der Waals surface area contributed by atoms with E-state index in [0.29, 0.717) is 6.42 Å². The van der Waals surface area contributed by atoms with Crippen molar-refractivity contribution in [2.75, 3.05) is 0 Å². The van der Waals surface area contributed by atoms with Gasteiger partial charge in [0.2, 0.25) is 0 Å². The van der Waals surface area contributed by atoms with Gasteiger partial charge >= 0.3 is 5.97 Å². The highest BCUT2D eigenvalue weighted by Crippen LogP contribution is 2.16. The van der Waals surface area contributed by atoms with Gasteiger partial charge < -0.3 is 10.1 Å². The molecule has 0 saturated heterocycles. The lowest BCUT2D eigenvalue weighted by Crippen LogP contribution is -2.00. The zero-order chi connectivity index (χ0) is 18.1. The summed E-state index contributed by atoms with van der Waals surface area (Å²) in [6.45, 7) is 9.99. The first-order chi connectivity index (χ1) is 11.6. The van der Waals surface area contributed by atoms with Gasteiger partial charge in [-0.15, -0.1) is 0 Å². The Bertz CT molecular complexity index is 794. The highest BCUT2D eigenvalue weighted by Gasteiger charge is 2.06. The van der Waals surface area contributed by atoms with Crippen LogP contribution < -0.4 is 0 Å². The number of hydrogen-bond donors (Lipinski definition) is 2. The lowest BCUT2D eigenvalue weighted by Gasteiger charge is -2.02. The molecule has 5 heteroatoms. The average molecular weight is 327 g/mol. The van der Waals surface area contributed by atoms with Gasteiger partial charge in [0.15, 0.2) is 0 Å². The molecular formula is C19H25N3O2. The van der Waals surface area contributed by atoms with E-state index < -0.39 is 5.97 Å². The molecule has 0 spiro atoms. The minimum Gasteiger partial charge on any atom is -0.478 e. The second kappa shape index (κ2) is 9.45. The summed E-state index contributed by atoms with van der Waals surface area (Å²) in [5, 5.41) is 10.0. The number of carbonyl (C=O) groups is 1. The second-order valence-corrected chi connectivity index (χ2v) is 4.75. The molecule has 0 radical (unpaired) electrons. The summed E-state index contributed by atoms with van der Waals surface area (Å²) in [5.74, 6) is -0.941. The van der Waals surface area contributed by atoms with E-state index in [1.807, 2.05) is 46.8 Å². The van der Waals surface area contributed by atoms with Crippen molar-refractivity contribution in [2.24, 2.45) is 0 Å². The maximum Gasteiger partial charge on any atom is 0.335 e. The fourth-order valence-electron chi connectivity index (χ4n) is 2.21. The van der Waals surface area contributed by atoms with Crippen LogP contribution in [0.3, 0.4) is 0 Å². The molecule has 0 unspecified atom stereocenters. The third kappa shape index (κ3) is 4.91. The van der Waals surface area contributed by atoms with Gasteiger partial charge in [0.25, 0.3) is 0 Å². The van der Waals surface area contributed by atoms with Gasteiger partial charge in [0.1, 0.15) is 5.65 Å². The van der Waals surface area contributed by atoms with Crippen LogP contribution in [0.15, 0.2) is 36.7 Å². The molecule has 0 aliphatic heterocycles. The minimum absolute atomic E-state index is 0.251. The number of carboxylic acid groups (broad SMARTS) is 1. The van der Waals surface area contributed by atoms with Crippen LogP contribution in [0.2, 0.25) is 0 Å². The Morgan fingerprint density at radius 3 is 2.50 bits per heavy atom. The largest absolute Gasteiger partial charge is 0.478 e. The van der Waals surface area contributed by atoms with Crippen LogP contribution in [0.5, 0.6) is 0 Å². The molecule has 24 heavy (non-hydrogen) atoms. The Morgan fingerprint density at radius 1 is 1.12 bits per heavy atom. The Hall–Kier alpha value is -2.69. The molecule has 0 amide bonds. The normalized spacial score (nSPS) is 9.54. The highest BCUT2D eigenvalue weighted by atomic mass is 16.4. The zero-order valence-electron chi connectivity index (χ0n) is 14.9. The molecule has 128 valence electrons. The smallest absolute Gasteiger partial charge is 0.335 e. The number of aromatic nitrogens is 3. The van der Waals surface area contributed by atoms with E-state index in [1.54, 1.807) is 12.3 Å². The number of aryl methyl sites for hydroxylation is 1. The predicted molar refractivity (Wildman–Crippen MR) is 97.5 cm³/mol. The van der Waals surface area contributed by atoms with Crippen LogP contribution in [-0.2, 0) is 6.42 Å². The quantitative estimate of drug-likeness (QED) is 0.736. The summed E-state index contributed by atoms with van der Waals surface area (Å²) in [7, 11) is 0. The number of aromatic amines is 1. The van der Waals surface area contributed by atoms with E-state index >= 15 is 0 Å². The fourth-order valence-corrected chi connectivity index (χ4v) is 2.21. The first kappa shape index (κ1) is 19.4. The Balaban J connectivity index is 0.000000671. The average Bonchev–Trinajstić information content (AvgIpc) is 2.98. The van der Waals surface area contributed by atoms with E-state index in [9.17, 15) is 4.79 Å². The highest BCUT2D eigenvalue weighted by molar-refractivity contribution is 5.87. The fraction of sp³-hybridized carbons (Fsp3) is 0.316. The van der Waals surface area contributed by atoms with E-state index in [2.05, 4.69) is 15.0 Å². The maximum absolute atomic E-state index is 10.9. The first-order valence-corrected chi connectivity index (χ1v) is 8.24. The summed E-state index contributed by atoms with van der Waals surface area (Å²) in [4.78, 5) is 22.7. The number of nitrogens with one attached hydrogen (secondary N) is 1. The Kier molecular flexibility index (Phi) is 7.62. The third-order valence-electron chi connectivity index (χ3n) is 3.11. The molecule has 0 bridgehead atoms. The molecule has 0 aromatic carbocycles. The minimum atomic E-state index is -0.941. The number of pyridine rings is 2. The van der Waals surface area contributed by atoms with Crippen LogP contribution in [0.25, 0.3) is 11.0 Å². The third-order valence-corrected chi connectivity index (χ3v) is 3.11. The second-order valence-electron chi connectivity index (χ2n) is 4.75. The Morgan fingerprint density at radius 2 is 1.83 bits per heavy atom. The number of fused-ring (bicyclic) bond motifs is 1. The first-order valence-electron chi connectivity index (χ1n) is 8.24. The number of hydrogen-bond acceptors (Lipinski definition) is 3.